The lowest BCUT2D eigenvalue weighted by atomic mass is 9.95. The standard InChI is InChI=1S/C19H27F3N4O2/c1-13(2)15-9-17(27)26(12-23-15)10-14-3-6-24(7-4-14)16-5-8-25(18(16)28)11-19(20,21)22/h9,12-14,16H,3-8,10-11H2,1-2H3. The maximum absolute atomic E-state index is 12.6. The van der Waals surface area contributed by atoms with Crippen molar-refractivity contribution in [2.75, 3.05) is 26.2 Å². The Bertz CT molecular complexity index is 754. The van der Waals surface area contributed by atoms with E-state index in [2.05, 4.69) is 4.98 Å². The minimum Gasteiger partial charge on any atom is -0.332 e. The van der Waals surface area contributed by atoms with Gasteiger partial charge in [0.15, 0.2) is 0 Å². The first kappa shape index (κ1) is 20.8. The van der Waals surface area contributed by atoms with Crippen LogP contribution in [0.1, 0.15) is 44.7 Å². The number of amides is 1. The van der Waals surface area contributed by atoms with Crippen molar-refractivity contribution in [3.63, 3.8) is 0 Å². The highest BCUT2D eigenvalue weighted by molar-refractivity contribution is 5.84. The smallest absolute Gasteiger partial charge is 0.332 e. The molecule has 0 aromatic carbocycles. The van der Waals surface area contributed by atoms with Crippen LogP contribution < -0.4 is 5.56 Å². The molecule has 0 bridgehead atoms. The lowest BCUT2D eigenvalue weighted by molar-refractivity contribution is -0.159. The van der Waals surface area contributed by atoms with Crippen LogP contribution in [0.2, 0.25) is 0 Å². The van der Waals surface area contributed by atoms with Crippen molar-refractivity contribution in [3.05, 3.63) is 28.4 Å². The molecule has 0 saturated carbocycles. The summed E-state index contributed by atoms with van der Waals surface area (Å²) in [4.78, 5) is 31.8. The number of halogens is 3. The Hall–Kier alpha value is -1.90. The van der Waals surface area contributed by atoms with Crippen LogP contribution in [0.15, 0.2) is 17.2 Å². The minimum atomic E-state index is -4.36. The van der Waals surface area contributed by atoms with Gasteiger partial charge in [-0.3, -0.25) is 19.1 Å². The molecule has 2 aliphatic heterocycles. The minimum absolute atomic E-state index is 0.0603. The van der Waals surface area contributed by atoms with Crippen molar-refractivity contribution in [1.29, 1.82) is 0 Å². The number of hydrogen-bond acceptors (Lipinski definition) is 4. The van der Waals surface area contributed by atoms with Crippen molar-refractivity contribution >= 4 is 5.91 Å². The molecule has 3 rings (SSSR count). The normalized spacial score (nSPS) is 22.4. The Kier molecular flexibility index (Phi) is 6.12. The SMILES string of the molecule is CC(C)c1cc(=O)n(CC2CCN(C3CCN(CC(F)(F)F)C3=O)CC2)cn1. The Morgan fingerprint density at radius 2 is 1.82 bits per heavy atom. The van der Waals surface area contributed by atoms with E-state index in [-0.39, 0.29) is 18.0 Å². The molecule has 0 aliphatic carbocycles. The molecule has 2 aliphatic rings. The summed E-state index contributed by atoms with van der Waals surface area (Å²) in [7, 11) is 0. The van der Waals surface area contributed by atoms with Gasteiger partial charge in [0.1, 0.15) is 6.54 Å². The Morgan fingerprint density at radius 1 is 1.14 bits per heavy atom. The molecule has 6 nitrogen and oxygen atoms in total. The lowest BCUT2D eigenvalue weighted by Crippen LogP contribution is -2.47. The highest BCUT2D eigenvalue weighted by Gasteiger charge is 2.42. The number of alkyl halides is 3. The fourth-order valence-corrected chi connectivity index (χ4v) is 4.05. The molecule has 2 fully saturated rings. The van der Waals surface area contributed by atoms with Gasteiger partial charge in [-0.1, -0.05) is 13.8 Å². The third-order valence-electron chi connectivity index (χ3n) is 5.68. The third-order valence-corrected chi connectivity index (χ3v) is 5.68. The zero-order valence-corrected chi connectivity index (χ0v) is 16.3. The van der Waals surface area contributed by atoms with Gasteiger partial charge in [-0.25, -0.2) is 4.98 Å². The predicted octanol–water partition coefficient (Wildman–Crippen LogP) is 2.24. The van der Waals surface area contributed by atoms with Crippen LogP contribution >= 0.6 is 0 Å². The van der Waals surface area contributed by atoms with Crippen LogP contribution in [0.25, 0.3) is 0 Å². The Balaban J connectivity index is 1.53. The van der Waals surface area contributed by atoms with E-state index in [9.17, 15) is 22.8 Å². The topological polar surface area (TPSA) is 58.4 Å². The maximum Gasteiger partial charge on any atom is 0.406 e. The van der Waals surface area contributed by atoms with Crippen molar-refractivity contribution in [2.24, 2.45) is 5.92 Å². The van der Waals surface area contributed by atoms with Crippen molar-refractivity contribution in [3.8, 4) is 0 Å². The van der Waals surface area contributed by atoms with Gasteiger partial charge in [0.25, 0.3) is 5.56 Å². The molecule has 156 valence electrons. The van der Waals surface area contributed by atoms with E-state index in [1.54, 1.807) is 17.0 Å². The number of carbonyl (C=O) groups is 1. The molecule has 0 radical (unpaired) electrons. The highest BCUT2D eigenvalue weighted by Crippen LogP contribution is 2.27. The van der Waals surface area contributed by atoms with Crippen molar-refractivity contribution in [2.45, 2.75) is 57.8 Å². The van der Waals surface area contributed by atoms with E-state index >= 15 is 0 Å². The molecule has 1 aromatic rings. The van der Waals surface area contributed by atoms with Crippen LogP contribution in [-0.2, 0) is 11.3 Å². The third kappa shape index (κ3) is 4.92. The fourth-order valence-electron chi connectivity index (χ4n) is 4.05. The number of likely N-dealkylation sites (tertiary alicyclic amines) is 2. The van der Waals surface area contributed by atoms with Gasteiger partial charge in [0, 0.05) is 19.2 Å². The second-order valence-corrected chi connectivity index (χ2v) is 8.12. The molecule has 9 heteroatoms. The molecule has 1 aromatic heterocycles. The van der Waals surface area contributed by atoms with Crippen LogP contribution in [0.5, 0.6) is 0 Å². The first-order valence-corrected chi connectivity index (χ1v) is 9.80. The van der Waals surface area contributed by atoms with Gasteiger partial charge in [-0.15, -0.1) is 0 Å². The second-order valence-electron chi connectivity index (χ2n) is 8.12. The first-order chi connectivity index (χ1) is 13.1. The molecule has 0 N–H and O–H groups in total. The number of piperidine rings is 1. The quantitative estimate of drug-likeness (QED) is 0.761. The highest BCUT2D eigenvalue weighted by atomic mass is 19.4. The lowest BCUT2D eigenvalue weighted by Gasteiger charge is -2.35. The van der Waals surface area contributed by atoms with E-state index in [0.717, 1.165) is 23.4 Å². The second kappa shape index (κ2) is 8.23. The summed E-state index contributed by atoms with van der Waals surface area (Å²) in [6, 6.07) is 1.13. The van der Waals surface area contributed by atoms with Crippen molar-refractivity contribution < 1.29 is 18.0 Å². The molecule has 0 spiro atoms. The predicted molar refractivity (Wildman–Crippen MR) is 97.9 cm³/mol. The molecular weight excluding hydrogens is 373 g/mol. The van der Waals surface area contributed by atoms with Gasteiger partial charge in [0.05, 0.1) is 18.1 Å². The van der Waals surface area contributed by atoms with E-state index in [1.165, 1.54) is 0 Å². The summed E-state index contributed by atoms with van der Waals surface area (Å²) < 4.78 is 39.3. The van der Waals surface area contributed by atoms with Gasteiger partial charge >= 0.3 is 6.18 Å². The van der Waals surface area contributed by atoms with E-state index in [1.807, 2.05) is 18.7 Å². The summed E-state index contributed by atoms with van der Waals surface area (Å²) in [5, 5.41) is 0. The molecular formula is C19H27F3N4O2. The number of aromatic nitrogens is 2. The van der Waals surface area contributed by atoms with E-state index in [0.29, 0.717) is 32.0 Å². The number of carbonyl (C=O) groups excluding carboxylic acids is 1. The fraction of sp³-hybridized carbons (Fsp3) is 0.737. The molecule has 1 amide bonds. The summed E-state index contributed by atoms with van der Waals surface area (Å²) in [6.45, 7) is 4.87. The zero-order valence-electron chi connectivity index (χ0n) is 16.3. The van der Waals surface area contributed by atoms with Gasteiger partial charge in [-0.05, 0) is 44.2 Å². The number of nitrogens with zero attached hydrogens (tertiary/aromatic N) is 4. The molecule has 28 heavy (non-hydrogen) atoms. The number of hydrogen-bond donors (Lipinski definition) is 0. The van der Waals surface area contributed by atoms with Crippen molar-refractivity contribution in [1.82, 2.24) is 19.4 Å². The van der Waals surface area contributed by atoms with Gasteiger partial charge in [0.2, 0.25) is 5.91 Å². The summed E-state index contributed by atoms with van der Waals surface area (Å²) in [5.74, 6) is 0.0790. The first-order valence-electron chi connectivity index (χ1n) is 9.80. The van der Waals surface area contributed by atoms with Crippen LogP contribution in [0.3, 0.4) is 0 Å². The Labute approximate surface area is 162 Å². The van der Waals surface area contributed by atoms with Gasteiger partial charge < -0.3 is 4.90 Å². The molecule has 1 atom stereocenters. The monoisotopic (exact) mass is 400 g/mol. The molecule has 1 unspecified atom stereocenters. The summed E-state index contributed by atoms with van der Waals surface area (Å²) in [5.41, 5.74) is 0.717. The largest absolute Gasteiger partial charge is 0.406 e. The Morgan fingerprint density at radius 3 is 2.39 bits per heavy atom. The van der Waals surface area contributed by atoms with Gasteiger partial charge in [-0.2, -0.15) is 13.2 Å². The summed E-state index contributed by atoms with van der Waals surface area (Å²) in [6.07, 6.45) is -0.702. The molecule has 3 heterocycles. The van der Waals surface area contributed by atoms with Crippen LogP contribution in [0.4, 0.5) is 13.2 Å². The van der Waals surface area contributed by atoms with E-state index in [4.69, 9.17) is 0 Å². The average Bonchev–Trinajstić information content (AvgIpc) is 2.96. The number of rotatable bonds is 5. The van der Waals surface area contributed by atoms with Crippen LogP contribution in [0, 0.1) is 5.92 Å². The zero-order chi connectivity index (χ0) is 20.5. The molecule has 2 saturated heterocycles. The average molecular weight is 400 g/mol. The van der Waals surface area contributed by atoms with Crippen LogP contribution in [-0.4, -0.2) is 63.7 Å². The summed E-state index contributed by atoms with van der Waals surface area (Å²) >= 11 is 0. The van der Waals surface area contributed by atoms with E-state index < -0.39 is 24.7 Å². The maximum atomic E-state index is 12.6.